The third-order valence-corrected chi connectivity index (χ3v) is 3.80. The fraction of sp³-hybridized carbons (Fsp3) is 0.533. The summed E-state index contributed by atoms with van der Waals surface area (Å²) in [5.74, 6) is 1.11. The van der Waals surface area contributed by atoms with E-state index in [1.807, 2.05) is 24.3 Å². The topological polar surface area (TPSA) is 76.4 Å². The lowest BCUT2D eigenvalue weighted by molar-refractivity contribution is -0.122. The van der Waals surface area contributed by atoms with Gasteiger partial charge in [0.1, 0.15) is 5.75 Å². The maximum absolute atomic E-state index is 11.2. The zero-order valence-electron chi connectivity index (χ0n) is 11.9. The quantitative estimate of drug-likeness (QED) is 0.733. The van der Waals surface area contributed by atoms with Crippen LogP contribution in [-0.4, -0.2) is 32.1 Å². The van der Waals surface area contributed by atoms with Crippen molar-refractivity contribution in [1.82, 2.24) is 5.32 Å². The summed E-state index contributed by atoms with van der Waals surface area (Å²) in [5.41, 5.74) is 6.81. The average Bonchev–Trinajstić information content (AvgIpc) is 2.92. The van der Waals surface area contributed by atoms with E-state index < -0.39 is 0 Å². The van der Waals surface area contributed by atoms with Crippen LogP contribution in [0.5, 0.6) is 5.75 Å². The Kier molecular flexibility index (Phi) is 5.24. The molecule has 0 heterocycles. The van der Waals surface area contributed by atoms with Crippen molar-refractivity contribution < 1.29 is 9.53 Å². The first-order valence-electron chi connectivity index (χ1n) is 7.13. The maximum Gasteiger partial charge on any atom is 0.257 e. The molecule has 1 aliphatic carbocycles. The van der Waals surface area contributed by atoms with Crippen molar-refractivity contribution in [3.63, 3.8) is 0 Å². The van der Waals surface area contributed by atoms with Gasteiger partial charge in [0.15, 0.2) is 6.61 Å². The van der Waals surface area contributed by atoms with Crippen LogP contribution in [0.4, 0.5) is 5.69 Å². The van der Waals surface area contributed by atoms with E-state index >= 15 is 0 Å². The maximum atomic E-state index is 11.2. The molecule has 20 heavy (non-hydrogen) atoms. The van der Waals surface area contributed by atoms with E-state index in [0.717, 1.165) is 18.7 Å². The second-order valence-corrected chi connectivity index (χ2v) is 5.17. The molecule has 0 saturated heterocycles. The molecule has 1 aromatic carbocycles. The van der Waals surface area contributed by atoms with Crippen LogP contribution in [0.2, 0.25) is 0 Å². The number of carbonyl (C=O) groups excluding carboxylic acids is 1. The van der Waals surface area contributed by atoms with E-state index in [2.05, 4.69) is 10.6 Å². The van der Waals surface area contributed by atoms with Gasteiger partial charge in [-0.15, -0.1) is 0 Å². The van der Waals surface area contributed by atoms with Crippen molar-refractivity contribution in [2.45, 2.75) is 25.3 Å². The number of hydrogen-bond acceptors (Lipinski definition) is 4. The standard InChI is InChI=1S/C15H23N3O2/c1-17-15(19)10-20-13-6-3-5-12(8-13)18-14-7-2-4-11(14)9-16/h3,5-6,8,11,14,18H,2,4,7,9-10,16H2,1H3,(H,17,19). The third-order valence-electron chi connectivity index (χ3n) is 3.80. The van der Waals surface area contributed by atoms with Gasteiger partial charge in [0, 0.05) is 24.8 Å². The van der Waals surface area contributed by atoms with Gasteiger partial charge >= 0.3 is 0 Å². The zero-order valence-corrected chi connectivity index (χ0v) is 11.9. The molecule has 1 aromatic rings. The van der Waals surface area contributed by atoms with Crippen LogP contribution >= 0.6 is 0 Å². The molecule has 110 valence electrons. The number of ether oxygens (including phenoxy) is 1. The SMILES string of the molecule is CNC(=O)COc1cccc(NC2CCCC2CN)c1. The van der Waals surface area contributed by atoms with E-state index in [0.29, 0.717) is 17.7 Å². The molecule has 1 saturated carbocycles. The molecule has 2 unspecified atom stereocenters. The summed E-state index contributed by atoms with van der Waals surface area (Å²) >= 11 is 0. The molecule has 5 heteroatoms. The van der Waals surface area contributed by atoms with Crippen molar-refractivity contribution in [2.75, 3.05) is 25.5 Å². The number of nitrogens with one attached hydrogen (secondary N) is 2. The van der Waals surface area contributed by atoms with Crippen molar-refractivity contribution in [3.8, 4) is 5.75 Å². The number of carbonyl (C=O) groups is 1. The van der Waals surface area contributed by atoms with Crippen molar-refractivity contribution in [1.29, 1.82) is 0 Å². The monoisotopic (exact) mass is 277 g/mol. The normalized spacial score (nSPS) is 21.5. The summed E-state index contributed by atoms with van der Waals surface area (Å²) in [6, 6.07) is 8.15. The van der Waals surface area contributed by atoms with Gasteiger partial charge in [-0.2, -0.15) is 0 Å². The molecule has 0 aromatic heterocycles. The van der Waals surface area contributed by atoms with Crippen LogP contribution in [0.1, 0.15) is 19.3 Å². The van der Waals surface area contributed by atoms with Crippen molar-refractivity contribution >= 4 is 11.6 Å². The fourth-order valence-electron chi connectivity index (χ4n) is 2.62. The molecule has 0 bridgehead atoms. The van der Waals surface area contributed by atoms with Crippen molar-refractivity contribution in [2.24, 2.45) is 11.7 Å². The number of rotatable bonds is 6. The summed E-state index contributed by atoms with van der Waals surface area (Å²) in [6.45, 7) is 0.763. The fourth-order valence-corrected chi connectivity index (χ4v) is 2.62. The van der Waals surface area contributed by atoms with E-state index in [9.17, 15) is 4.79 Å². The molecule has 0 radical (unpaired) electrons. The molecule has 2 atom stereocenters. The molecular weight excluding hydrogens is 254 g/mol. The second-order valence-electron chi connectivity index (χ2n) is 5.17. The Morgan fingerprint density at radius 2 is 2.30 bits per heavy atom. The minimum atomic E-state index is -0.137. The Morgan fingerprint density at radius 1 is 1.45 bits per heavy atom. The minimum Gasteiger partial charge on any atom is -0.484 e. The molecule has 1 aliphatic rings. The highest BCUT2D eigenvalue weighted by molar-refractivity contribution is 5.77. The number of hydrogen-bond donors (Lipinski definition) is 3. The highest BCUT2D eigenvalue weighted by atomic mass is 16.5. The van der Waals surface area contributed by atoms with Gasteiger partial charge in [-0.3, -0.25) is 4.79 Å². The molecule has 1 amide bonds. The molecule has 0 aliphatic heterocycles. The highest BCUT2D eigenvalue weighted by Gasteiger charge is 2.25. The van der Waals surface area contributed by atoms with E-state index in [-0.39, 0.29) is 12.5 Å². The Morgan fingerprint density at radius 3 is 3.05 bits per heavy atom. The Hall–Kier alpha value is -1.75. The Labute approximate surface area is 119 Å². The van der Waals surface area contributed by atoms with E-state index in [1.54, 1.807) is 7.05 Å². The highest BCUT2D eigenvalue weighted by Crippen LogP contribution is 2.28. The molecule has 2 rings (SSSR count). The number of nitrogens with two attached hydrogens (primary N) is 1. The summed E-state index contributed by atoms with van der Waals surface area (Å²) in [4.78, 5) is 11.2. The predicted molar refractivity (Wildman–Crippen MR) is 79.8 cm³/mol. The first-order chi connectivity index (χ1) is 9.72. The third kappa shape index (κ3) is 3.87. The first-order valence-corrected chi connectivity index (χ1v) is 7.13. The summed E-state index contributed by atoms with van der Waals surface area (Å²) in [7, 11) is 1.59. The van der Waals surface area contributed by atoms with Gasteiger partial charge in [-0.1, -0.05) is 12.5 Å². The summed E-state index contributed by atoms with van der Waals surface area (Å²) in [5, 5.41) is 6.05. The van der Waals surface area contributed by atoms with Gasteiger partial charge in [-0.25, -0.2) is 0 Å². The average molecular weight is 277 g/mol. The van der Waals surface area contributed by atoms with E-state index in [4.69, 9.17) is 10.5 Å². The lowest BCUT2D eigenvalue weighted by Crippen LogP contribution is -2.29. The zero-order chi connectivity index (χ0) is 14.4. The van der Waals surface area contributed by atoms with Gasteiger partial charge in [0.25, 0.3) is 5.91 Å². The lowest BCUT2D eigenvalue weighted by atomic mass is 10.0. The van der Waals surface area contributed by atoms with Crippen LogP contribution < -0.4 is 21.1 Å². The van der Waals surface area contributed by atoms with Gasteiger partial charge in [-0.05, 0) is 37.4 Å². The predicted octanol–water partition coefficient (Wildman–Crippen LogP) is 1.35. The summed E-state index contributed by atoms with van der Waals surface area (Å²) in [6.07, 6.45) is 3.58. The Balaban J connectivity index is 1.93. The van der Waals surface area contributed by atoms with Gasteiger partial charge in [0.05, 0.1) is 0 Å². The lowest BCUT2D eigenvalue weighted by Gasteiger charge is -2.21. The molecule has 5 nitrogen and oxygen atoms in total. The smallest absolute Gasteiger partial charge is 0.257 e. The Bertz CT molecular complexity index is 450. The van der Waals surface area contributed by atoms with Crippen LogP contribution in [0.25, 0.3) is 0 Å². The van der Waals surface area contributed by atoms with Crippen LogP contribution in [-0.2, 0) is 4.79 Å². The minimum absolute atomic E-state index is 0.0365. The molecule has 4 N–H and O–H groups in total. The summed E-state index contributed by atoms with van der Waals surface area (Å²) < 4.78 is 5.44. The number of amides is 1. The first kappa shape index (κ1) is 14.7. The number of likely N-dealkylation sites (N-methyl/N-ethyl adjacent to an activating group) is 1. The van der Waals surface area contributed by atoms with Crippen LogP contribution in [0, 0.1) is 5.92 Å². The second kappa shape index (κ2) is 7.14. The molecular formula is C15H23N3O2. The van der Waals surface area contributed by atoms with Gasteiger partial charge in [0.2, 0.25) is 0 Å². The number of benzene rings is 1. The molecule has 1 fully saturated rings. The molecule has 0 spiro atoms. The van der Waals surface area contributed by atoms with Crippen LogP contribution in [0.3, 0.4) is 0 Å². The van der Waals surface area contributed by atoms with Crippen molar-refractivity contribution in [3.05, 3.63) is 24.3 Å². The van der Waals surface area contributed by atoms with Crippen LogP contribution in [0.15, 0.2) is 24.3 Å². The largest absolute Gasteiger partial charge is 0.484 e. The van der Waals surface area contributed by atoms with E-state index in [1.165, 1.54) is 12.8 Å². The van der Waals surface area contributed by atoms with Gasteiger partial charge < -0.3 is 21.1 Å². The number of anilines is 1.